The molecule has 0 spiro atoms. The molecule has 0 bridgehead atoms. The van der Waals surface area contributed by atoms with Gasteiger partial charge in [-0.05, 0) is 70.2 Å². The van der Waals surface area contributed by atoms with E-state index in [2.05, 4.69) is 21.3 Å². The predicted molar refractivity (Wildman–Crippen MR) is 141 cm³/mol. The zero-order chi connectivity index (χ0) is 27.5. The Morgan fingerprint density at radius 3 is 2.17 bits per heavy atom. The van der Waals surface area contributed by atoms with E-state index < -0.39 is 29.3 Å². The molecule has 1 aromatic rings. The molecule has 1 aromatic carbocycles. The smallest absolute Gasteiger partial charge is 0.314 e. The van der Waals surface area contributed by atoms with Crippen LogP contribution in [-0.2, 0) is 20.8 Å². The SMILES string of the molecule is CNC(=O)NCCCC(C(=O)Nc1ccc(CC(CC(C)(C)C(=O)O)NC)cc1)C(=O)C(N)C(C)C. The molecule has 0 fully saturated rings. The Hall–Kier alpha value is -2.98. The molecule has 7 N–H and O–H groups in total. The van der Waals surface area contributed by atoms with Crippen LogP contribution in [-0.4, -0.2) is 61.5 Å². The summed E-state index contributed by atoms with van der Waals surface area (Å²) in [5.74, 6) is -2.63. The van der Waals surface area contributed by atoms with Crippen molar-refractivity contribution in [2.75, 3.05) is 26.0 Å². The molecule has 0 saturated carbocycles. The topological polar surface area (TPSA) is 163 Å². The number of amides is 3. The van der Waals surface area contributed by atoms with Crippen LogP contribution in [0.5, 0.6) is 0 Å². The number of carbonyl (C=O) groups is 4. The Morgan fingerprint density at radius 2 is 1.67 bits per heavy atom. The second-order valence-corrected chi connectivity index (χ2v) is 10.1. The molecule has 0 saturated heterocycles. The second-order valence-electron chi connectivity index (χ2n) is 10.1. The highest BCUT2D eigenvalue weighted by atomic mass is 16.4. The van der Waals surface area contributed by atoms with Crippen molar-refractivity contribution in [3.8, 4) is 0 Å². The third-order valence-electron chi connectivity index (χ3n) is 6.34. The van der Waals surface area contributed by atoms with E-state index >= 15 is 0 Å². The van der Waals surface area contributed by atoms with Crippen LogP contribution in [0.4, 0.5) is 10.5 Å². The van der Waals surface area contributed by atoms with Crippen LogP contribution >= 0.6 is 0 Å². The number of hydrogen-bond donors (Lipinski definition) is 6. The van der Waals surface area contributed by atoms with Crippen molar-refractivity contribution in [1.29, 1.82) is 0 Å². The third kappa shape index (κ3) is 9.94. The first-order valence-corrected chi connectivity index (χ1v) is 12.4. The van der Waals surface area contributed by atoms with Gasteiger partial charge in [-0.3, -0.25) is 14.4 Å². The number of carboxylic acid groups (broad SMARTS) is 1. The monoisotopic (exact) mass is 505 g/mol. The number of ketones is 1. The normalized spacial score (nSPS) is 14.0. The van der Waals surface area contributed by atoms with E-state index in [1.54, 1.807) is 33.0 Å². The molecule has 0 aliphatic heterocycles. The standard InChI is InChI=1S/C26H43N5O5/c1-16(2)21(27)22(32)20(8-7-13-30-25(36)29-6)23(33)31-18-11-9-17(10-12-18)14-19(28-5)15-26(3,4)24(34)35/h9-12,16,19-21,28H,7-8,13-15,27H2,1-6H3,(H,31,33)(H,34,35)(H2,29,30,36). The van der Waals surface area contributed by atoms with E-state index in [4.69, 9.17) is 5.73 Å². The number of carboxylic acids is 1. The van der Waals surface area contributed by atoms with E-state index in [9.17, 15) is 24.3 Å². The molecule has 3 atom stereocenters. The second kappa shape index (κ2) is 14.5. The van der Waals surface area contributed by atoms with Gasteiger partial charge in [-0.15, -0.1) is 0 Å². The van der Waals surface area contributed by atoms with Crippen molar-refractivity contribution in [1.82, 2.24) is 16.0 Å². The van der Waals surface area contributed by atoms with Gasteiger partial charge < -0.3 is 32.1 Å². The molecule has 0 aromatic heterocycles. The maximum absolute atomic E-state index is 13.0. The molecule has 0 aliphatic rings. The fourth-order valence-electron chi connectivity index (χ4n) is 3.78. The van der Waals surface area contributed by atoms with Gasteiger partial charge in [0, 0.05) is 25.3 Å². The quantitative estimate of drug-likeness (QED) is 0.157. The van der Waals surface area contributed by atoms with E-state index in [0.29, 0.717) is 31.5 Å². The molecule has 3 amide bonds. The number of nitrogens with one attached hydrogen (secondary N) is 4. The molecule has 10 nitrogen and oxygen atoms in total. The fraction of sp³-hybridized carbons (Fsp3) is 0.615. The largest absolute Gasteiger partial charge is 0.481 e. The number of likely N-dealkylation sites (N-methyl/N-ethyl adjacent to an activating group) is 1. The van der Waals surface area contributed by atoms with E-state index in [0.717, 1.165) is 5.56 Å². The van der Waals surface area contributed by atoms with Crippen LogP contribution in [0.2, 0.25) is 0 Å². The summed E-state index contributed by atoms with van der Waals surface area (Å²) in [7, 11) is 3.32. The van der Waals surface area contributed by atoms with Crippen molar-refractivity contribution in [3.63, 3.8) is 0 Å². The van der Waals surface area contributed by atoms with Crippen molar-refractivity contribution in [2.24, 2.45) is 23.0 Å². The summed E-state index contributed by atoms with van der Waals surface area (Å²) in [6, 6.07) is 6.16. The van der Waals surface area contributed by atoms with Gasteiger partial charge in [-0.25, -0.2) is 4.79 Å². The van der Waals surface area contributed by atoms with Crippen LogP contribution in [0, 0.1) is 17.3 Å². The van der Waals surface area contributed by atoms with Gasteiger partial charge in [0.15, 0.2) is 5.78 Å². The minimum atomic E-state index is -0.930. The van der Waals surface area contributed by atoms with E-state index in [-0.39, 0.29) is 30.2 Å². The molecular weight excluding hydrogens is 462 g/mol. The Balaban J connectivity index is 2.86. The highest BCUT2D eigenvalue weighted by molar-refractivity contribution is 6.08. The third-order valence-corrected chi connectivity index (χ3v) is 6.34. The maximum Gasteiger partial charge on any atom is 0.314 e. The maximum atomic E-state index is 13.0. The zero-order valence-corrected chi connectivity index (χ0v) is 22.3. The number of rotatable bonds is 15. The highest BCUT2D eigenvalue weighted by Crippen LogP contribution is 2.24. The summed E-state index contributed by atoms with van der Waals surface area (Å²) >= 11 is 0. The first-order chi connectivity index (χ1) is 16.8. The Kier molecular flexibility index (Phi) is 12.5. The average molecular weight is 506 g/mol. The van der Waals surface area contributed by atoms with Gasteiger partial charge in [-0.2, -0.15) is 0 Å². The van der Waals surface area contributed by atoms with Crippen molar-refractivity contribution in [3.05, 3.63) is 29.8 Å². The molecule has 36 heavy (non-hydrogen) atoms. The lowest BCUT2D eigenvalue weighted by atomic mass is 9.84. The molecule has 1 rings (SSSR count). The van der Waals surface area contributed by atoms with Gasteiger partial charge in [0.25, 0.3) is 0 Å². The summed E-state index contributed by atoms with van der Waals surface area (Å²) < 4.78 is 0. The van der Waals surface area contributed by atoms with Crippen molar-refractivity contribution >= 4 is 29.4 Å². The van der Waals surface area contributed by atoms with Crippen LogP contribution in [0.1, 0.15) is 52.5 Å². The van der Waals surface area contributed by atoms with Gasteiger partial charge in [-0.1, -0.05) is 26.0 Å². The minimum Gasteiger partial charge on any atom is -0.481 e. The predicted octanol–water partition coefficient (Wildman–Crippen LogP) is 2.13. The lowest BCUT2D eigenvalue weighted by molar-refractivity contribution is -0.147. The van der Waals surface area contributed by atoms with Crippen molar-refractivity contribution < 1.29 is 24.3 Å². The van der Waals surface area contributed by atoms with Gasteiger partial charge in [0.05, 0.1) is 17.4 Å². The molecule has 0 heterocycles. The molecule has 3 unspecified atom stereocenters. The van der Waals surface area contributed by atoms with Crippen LogP contribution < -0.4 is 27.0 Å². The van der Waals surface area contributed by atoms with E-state index in [1.807, 2.05) is 26.0 Å². The zero-order valence-electron chi connectivity index (χ0n) is 22.3. The number of Topliss-reactive ketones (excluding diaryl/α,β-unsaturated/α-hetero) is 1. The van der Waals surface area contributed by atoms with Crippen LogP contribution in [0.15, 0.2) is 24.3 Å². The lowest BCUT2D eigenvalue weighted by Gasteiger charge is -2.26. The summed E-state index contributed by atoms with van der Waals surface area (Å²) in [5, 5.41) is 20.5. The number of hydrogen-bond acceptors (Lipinski definition) is 6. The first-order valence-electron chi connectivity index (χ1n) is 12.4. The Labute approximate surface area is 214 Å². The number of nitrogens with two attached hydrogens (primary N) is 1. The Morgan fingerprint density at radius 1 is 1.06 bits per heavy atom. The van der Waals surface area contributed by atoms with Gasteiger partial charge >= 0.3 is 12.0 Å². The summed E-state index contributed by atoms with van der Waals surface area (Å²) in [5.41, 5.74) is 6.74. The first kappa shape index (κ1) is 31.1. The lowest BCUT2D eigenvalue weighted by Crippen LogP contribution is -2.44. The average Bonchev–Trinajstić information content (AvgIpc) is 2.83. The molecule has 0 aliphatic carbocycles. The fourth-order valence-corrected chi connectivity index (χ4v) is 3.78. The Bertz CT molecular complexity index is 885. The molecule has 10 heteroatoms. The number of benzene rings is 1. The number of aliphatic carboxylic acids is 1. The summed E-state index contributed by atoms with van der Waals surface area (Å²) in [6.45, 7) is 7.40. The summed E-state index contributed by atoms with van der Waals surface area (Å²) in [6.07, 6.45) is 1.80. The molecule has 202 valence electrons. The number of carbonyl (C=O) groups excluding carboxylic acids is 3. The van der Waals surface area contributed by atoms with Gasteiger partial charge in [0.2, 0.25) is 5.91 Å². The van der Waals surface area contributed by atoms with Gasteiger partial charge in [0.1, 0.15) is 0 Å². The van der Waals surface area contributed by atoms with Crippen LogP contribution in [0.3, 0.4) is 0 Å². The molecular formula is C26H43N5O5. The minimum absolute atomic E-state index is 0.0283. The number of anilines is 1. The van der Waals surface area contributed by atoms with Crippen LogP contribution in [0.25, 0.3) is 0 Å². The highest BCUT2D eigenvalue weighted by Gasteiger charge is 2.32. The number of urea groups is 1. The molecule has 0 radical (unpaired) electrons. The summed E-state index contributed by atoms with van der Waals surface area (Å²) in [4.78, 5) is 48.8. The van der Waals surface area contributed by atoms with Crippen molar-refractivity contribution in [2.45, 2.75) is 65.5 Å². The van der Waals surface area contributed by atoms with E-state index in [1.165, 1.54) is 7.05 Å².